The number of carboxylic acid groups (broad SMARTS) is 1. The molecule has 2 rings (SSSR count). The van der Waals surface area contributed by atoms with Crippen LogP contribution in [-0.4, -0.2) is 186 Å². The predicted octanol–water partition coefficient (Wildman–Crippen LogP) is 5.70. The number of aliphatic hydroxyl groups excluding tert-OH is 2. The SMILES string of the molecule is C.C.C#CCCC(=O)N[C@H](CO)C(=O)OC.C#CCCC(=O)O.C#CCCC(=O)OC(=O)OC.C1CCOC1.C1CCOC1.CCN(CC)CC.CCN(CC)CC.COC(=O)Cl.COC(=O)[C@H](N)CO.Cl. The fraction of sp³-hybridized carbons (Fsp3) is 0.735. The quantitative estimate of drug-likeness (QED) is 0.0384. The van der Waals surface area contributed by atoms with Crippen LogP contribution in [0.25, 0.3) is 0 Å². The smallest absolute Gasteiger partial charge is 0.481 e. The number of nitrogens with one attached hydrogen (secondary N) is 1. The topological polar surface area (TPSA) is 289 Å². The molecular formula is C49H94Cl2N4O17. The van der Waals surface area contributed by atoms with Gasteiger partial charge >= 0.3 is 35.5 Å². The summed E-state index contributed by atoms with van der Waals surface area (Å²) in [6, 6.07) is -1.90. The summed E-state index contributed by atoms with van der Waals surface area (Å²) in [5.41, 5.74) is 4.23. The third kappa shape index (κ3) is 82.2. The zero-order valence-corrected chi connectivity index (χ0v) is 44.8. The van der Waals surface area contributed by atoms with Crippen molar-refractivity contribution in [1.29, 1.82) is 0 Å². The van der Waals surface area contributed by atoms with Crippen LogP contribution in [0.4, 0.5) is 9.59 Å². The molecule has 0 radical (unpaired) electrons. The van der Waals surface area contributed by atoms with Gasteiger partial charge in [0, 0.05) is 63.7 Å². The second kappa shape index (κ2) is 75.2. The van der Waals surface area contributed by atoms with Gasteiger partial charge in [-0.1, -0.05) is 56.4 Å². The van der Waals surface area contributed by atoms with Crippen molar-refractivity contribution in [3.8, 4) is 37.0 Å². The third-order valence-electron chi connectivity index (χ3n) is 8.02. The van der Waals surface area contributed by atoms with Crippen molar-refractivity contribution >= 4 is 65.4 Å². The molecule has 0 aromatic heterocycles. The predicted molar refractivity (Wildman–Crippen MR) is 284 cm³/mol. The Labute approximate surface area is 443 Å². The van der Waals surface area contributed by atoms with E-state index in [1.54, 1.807) is 0 Å². The number of hydrogen-bond acceptors (Lipinski definition) is 19. The van der Waals surface area contributed by atoms with Crippen LogP contribution < -0.4 is 11.1 Å². The largest absolute Gasteiger partial charge is 0.515 e. The molecule has 0 aromatic carbocycles. The lowest BCUT2D eigenvalue weighted by atomic mass is 10.2. The van der Waals surface area contributed by atoms with Gasteiger partial charge in [-0.15, -0.1) is 49.4 Å². The normalized spacial score (nSPS) is 11.3. The van der Waals surface area contributed by atoms with E-state index in [0.717, 1.165) is 33.5 Å². The number of halogens is 2. The van der Waals surface area contributed by atoms with Crippen molar-refractivity contribution in [3.05, 3.63) is 0 Å². The van der Waals surface area contributed by atoms with E-state index in [4.69, 9.17) is 49.8 Å². The van der Waals surface area contributed by atoms with E-state index in [1.165, 1.54) is 86.3 Å². The maximum Gasteiger partial charge on any atom is 0.515 e. The van der Waals surface area contributed by atoms with E-state index in [0.29, 0.717) is 12.8 Å². The minimum absolute atomic E-state index is 0. The summed E-state index contributed by atoms with van der Waals surface area (Å²) in [5, 5.41) is 27.2. The van der Waals surface area contributed by atoms with Crippen molar-refractivity contribution in [2.24, 2.45) is 5.73 Å². The molecule has 426 valence electrons. The number of esters is 3. The van der Waals surface area contributed by atoms with Gasteiger partial charge in [0.05, 0.1) is 54.5 Å². The number of carboxylic acids is 1. The molecule has 2 heterocycles. The number of ether oxygens (including phenoxy) is 7. The van der Waals surface area contributed by atoms with E-state index in [2.05, 4.69) is 110 Å². The highest BCUT2D eigenvalue weighted by Crippen LogP contribution is 1.99. The van der Waals surface area contributed by atoms with Crippen LogP contribution in [0.1, 0.15) is 121 Å². The van der Waals surface area contributed by atoms with E-state index in [1.807, 2.05) is 0 Å². The highest BCUT2D eigenvalue weighted by Gasteiger charge is 2.19. The summed E-state index contributed by atoms with van der Waals surface area (Å²) >= 11 is 4.60. The van der Waals surface area contributed by atoms with Crippen molar-refractivity contribution in [2.45, 2.75) is 133 Å². The summed E-state index contributed by atoms with van der Waals surface area (Å²) in [6.45, 7) is 23.4. The maximum atomic E-state index is 11.1. The number of nitrogens with two attached hydrogens (primary N) is 1. The first kappa shape index (κ1) is 90.1. The van der Waals surface area contributed by atoms with Crippen LogP contribution in [0, 0.1) is 37.0 Å². The zero-order valence-electron chi connectivity index (χ0n) is 43.3. The molecule has 23 heteroatoms. The molecule has 0 saturated carbocycles. The van der Waals surface area contributed by atoms with E-state index < -0.39 is 54.2 Å². The summed E-state index contributed by atoms with van der Waals surface area (Å²) in [5.74, 6) is 3.59. The Morgan fingerprint density at radius 3 is 1.17 bits per heavy atom. The Kier molecular flexibility index (Phi) is 94.1. The van der Waals surface area contributed by atoms with Crippen LogP contribution >= 0.6 is 24.0 Å². The first-order chi connectivity index (χ1) is 32.8. The molecule has 0 spiro atoms. The van der Waals surface area contributed by atoms with E-state index in [-0.39, 0.29) is 65.5 Å². The Morgan fingerprint density at radius 1 is 0.625 bits per heavy atom. The summed E-state index contributed by atoms with van der Waals surface area (Å²) in [4.78, 5) is 76.8. The van der Waals surface area contributed by atoms with Crippen molar-refractivity contribution < 1.29 is 82.0 Å². The molecule has 2 aliphatic heterocycles. The number of amides is 1. The van der Waals surface area contributed by atoms with Crippen molar-refractivity contribution in [3.63, 3.8) is 0 Å². The lowest BCUT2D eigenvalue weighted by Gasteiger charge is -2.13. The molecule has 0 unspecified atom stereocenters. The Morgan fingerprint density at radius 2 is 0.972 bits per heavy atom. The average Bonchev–Trinajstić information content (AvgIpc) is 4.17. The Hall–Kier alpha value is -4.73. The molecule has 0 aromatic rings. The first-order valence-electron chi connectivity index (χ1n) is 22.4. The van der Waals surface area contributed by atoms with Gasteiger partial charge in [0.2, 0.25) is 5.91 Å². The van der Waals surface area contributed by atoms with Gasteiger partial charge < -0.3 is 69.3 Å². The first-order valence-corrected chi connectivity index (χ1v) is 22.8. The highest BCUT2D eigenvalue weighted by molar-refractivity contribution is 6.61. The Balaban J connectivity index is -0.0000000762. The van der Waals surface area contributed by atoms with Crippen LogP contribution in [-0.2, 0) is 57.1 Å². The number of carbonyl (C=O) groups excluding carboxylic acids is 6. The van der Waals surface area contributed by atoms with Gasteiger partial charge in [0.1, 0.15) is 6.04 Å². The van der Waals surface area contributed by atoms with Crippen LogP contribution in [0.5, 0.6) is 0 Å². The van der Waals surface area contributed by atoms with Gasteiger partial charge in [0.15, 0.2) is 6.04 Å². The molecule has 6 N–H and O–H groups in total. The van der Waals surface area contributed by atoms with Crippen LogP contribution in [0.15, 0.2) is 0 Å². The number of terminal acetylenes is 3. The number of hydrogen-bond donors (Lipinski definition) is 5. The molecule has 0 aliphatic carbocycles. The number of carbonyl (C=O) groups is 7. The lowest BCUT2D eigenvalue weighted by molar-refractivity contribution is -0.146. The minimum atomic E-state index is -1.01. The summed E-state index contributed by atoms with van der Waals surface area (Å²) < 4.78 is 30.5. The fourth-order valence-corrected chi connectivity index (χ4v) is 3.90. The second-order valence-electron chi connectivity index (χ2n) is 12.9. The highest BCUT2D eigenvalue weighted by atomic mass is 35.5. The molecule has 0 bridgehead atoms. The van der Waals surface area contributed by atoms with E-state index in [9.17, 15) is 33.6 Å². The zero-order chi connectivity index (χ0) is 54.7. The van der Waals surface area contributed by atoms with E-state index >= 15 is 0 Å². The molecule has 21 nitrogen and oxygen atoms in total. The monoisotopic (exact) mass is 1080 g/mol. The Bertz CT molecular complexity index is 1330. The lowest BCUT2D eigenvalue weighted by Crippen LogP contribution is -2.43. The number of aliphatic carboxylic acids is 1. The van der Waals surface area contributed by atoms with Crippen LogP contribution in [0.3, 0.4) is 0 Å². The van der Waals surface area contributed by atoms with Gasteiger partial charge in [-0.25, -0.2) is 14.4 Å². The second-order valence-corrected chi connectivity index (χ2v) is 13.2. The fourth-order valence-electron chi connectivity index (χ4n) is 3.90. The number of aliphatic hydroxyl groups is 2. The molecule has 72 heavy (non-hydrogen) atoms. The standard InChI is InChI=1S/C9H13NO4.C7H8O4.2C6H15N.C5H6O2.C4H9NO3.2C4H8O.C2H3ClO2.2CH4.ClH/c1-3-4-5-8(12)10-7(6-11)9(13)14-2;1-3-4-5-6(8)11-7(9)10-2;2*1-4-7(5-2)6-3;1-2-3-4-5(6)7;1-8-4(7)3(5)2-6;2*1-2-4-5-3-1;1-5-2(3)4;;;/h1,7,11H,4-6H2,2H3,(H,10,12);1H,4-5H2,2H3;2*4-6H2,1-3H3;1H,3-4H2,(H,6,7);3,6H,2,5H2,1H3;2*1-4H2;1H3;2*1H4;1H/t7-;;;;;3-;;;;;;/m1....1....../s1. The third-order valence-corrected chi connectivity index (χ3v) is 8.17. The number of nitrogens with zero attached hydrogens (tertiary/aromatic N) is 2. The molecule has 1 amide bonds. The van der Waals surface area contributed by atoms with Crippen LogP contribution in [0.2, 0.25) is 0 Å². The summed E-state index contributed by atoms with van der Waals surface area (Å²) in [6.07, 6.45) is 19.8. The number of methoxy groups -OCH3 is 4. The minimum Gasteiger partial charge on any atom is -0.481 e. The molecule has 2 aliphatic rings. The molecule has 2 saturated heterocycles. The maximum absolute atomic E-state index is 11.1. The average molecular weight is 1080 g/mol. The molecule has 2 atom stereocenters. The van der Waals surface area contributed by atoms with Gasteiger partial charge in [-0.05, 0) is 65.0 Å². The van der Waals surface area contributed by atoms with Gasteiger partial charge in [0.25, 0.3) is 0 Å². The van der Waals surface area contributed by atoms with Crippen molar-refractivity contribution in [1.82, 2.24) is 15.1 Å². The van der Waals surface area contributed by atoms with Gasteiger partial charge in [-0.3, -0.25) is 19.2 Å². The number of rotatable bonds is 17. The molecule has 2 fully saturated rings. The van der Waals surface area contributed by atoms with Crippen molar-refractivity contribution in [2.75, 3.05) is 107 Å². The summed E-state index contributed by atoms with van der Waals surface area (Å²) in [7, 11) is 4.74. The molecular weight excluding hydrogens is 987 g/mol. The van der Waals surface area contributed by atoms with Gasteiger partial charge in [-0.2, -0.15) is 0 Å².